The van der Waals surface area contributed by atoms with Crippen molar-refractivity contribution in [1.29, 1.82) is 0 Å². The first-order valence-electron chi connectivity index (χ1n) is 11.2. The van der Waals surface area contributed by atoms with Crippen LogP contribution in [0, 0.1) is 17.8 Å². The van der Waals surface area contributed by atoms with Crippen LogP contribution in [-0.2, 0) is 24.3 Å². The highest BCUT2D eigenvalue weighted by Crippen LogP contribution is 2.55. The third-order valence-electron chi connectivity index (χ3n) is 6.90. The minimum Gasteiger partial charge on any atom is -0.454 e. The van der Waals surface area contributed by atoms with Crippen molar-refractivity contribution in [2.75, 3.05) is 6.61 Å². The first-order chi connectivity index (χ1) is 15.9. The molecule has 1 atom stereocenters. The third-order valence-corrected chi connectivity index (χ3v) is 9.18. The molecule has 4 aliphatic rings. The number of benzene rings is 1. The normalized spacial score (nSPS) is 28.3. The molecule has 3 amide bonds. The van der Waals surface area contributed by atoms with Crippen LogP contribution >= 0.6 is 23.2 Å². The zero-order chi connectivity index (χ0) is 24.7. The summed E-state index contributed by atoms with van der Waals surface area (Å²) < 4.78 is 31.9. The van der Waals surface area contributed by atoms with E-state index in [9.17, 15) is 22.8 Å². The number of hydrogen-bond acceptors (Lipinski definition) is 6. The Bertz CT molecular complexity index is 1070. The molecule has 186 valence electrons. The second kappa shape index (κ2) is 9.64. The van der Waals surface area contributed by atoms with Crippen LogP contribution < -0.4 is 15.4 Å². The largest absolute Gasteiger partial charge is 0.454 e. The summed E-state index contributed by atoms with van der Waals surface area (Å²) >= 11 is 11.6. The predicted octanol–water partition coefficient (Wildman–Crippen LogP) is 3.00. The number of carbonyl (C=O) groups is 3. The fraction of sp³-hybridized carbons (Fsp3) is 0.591. The van der Waals surface area contributed by atoms with Gasteiger partial charge in [-0.15, -0.1) is 0 Å². The van der Waals surface area contributed by atoms with E-state index < -0.39 is 40.6 Å². The van der Waals surface area contributed by atoms with E-state index >= 15 is 0 Å². The second-order valence-electron chi connectivity index (χ2n) is 9.73. The van der Waals surface area contributed by atoms with Gasteiger partial charge < -0.3 is 10.1 Å². The zero-order valence-electron chi connectivity index (χ0n) is 18.6. The maximum atomic E-state index is 12.4. The van der Waals surface area contributed by atoms with Gasteiger partial charge in [0.15, 0.2) is 6.61 Å². The zero-order valence-corrected chi connectivity index (χ0v) is 20.9. The lowest BCUT2D eigenvalue weighted by atomic mass is 9.53. The molecular weight excluding hydrogens is 505 g/mol. The minimum absolute atomic E-state index is 0.0447. The lowest BCUT2D eigenvalue weighted by Gasteiger charge is -2.56. The van der Waals surface area contributed by atoms with E-state index in [2.05, 4.69) is 15.4 Å². The number of ether oxygens (including phenoxy) is 1. The molecule has 0 aliphatic heterocycles. The number of esters is 1. The van der Waals surface area contributed by atoms with Gasteiger partial charge in [0.2, 0.25) is 10.0 Å². The van der Waals surface area contributed by atoms with Gasteiger partial charge in [-0.05, 0) is 81.4 Å². The van der Waals surface area contributed by atoms with Gasteiger partial charge in [-0.2, -0.15) is 4.72 Å². The number of urea groups is 1. The molecule has 4 bridgehead atoms. The van der Waals surface area contributed by atoms with Crippen LogP contribution in [0.5, 0.6) is 0 Å². The molecule has 1 aromatic rings. The summed E-state index contributed by atoms with van der Waals surface area (Å²) in [5.41, 5.74) is -0.257. The number of carbonyl (C=O) groups excluding carboxylic acids is 3. The minimum atomic E-state index is -4.09. The summed E-state index contributed by atoms with van der Waals surface area (Å²) in [6, 6.07) is 1.83. The summed E-state index contributed by atoms with van der Waals surface area (Å²) in [4.78, 5) is 36.5. The molecule has 4 fully saturated rings. The van der Waals surface area contributed by atoms with Gasteiger partial charge in [-0.3, -0.25) is 14.9 Å². The lowest BCUT2D eigenvalue weighted by molar-refractivity contribution is -0.149. The van der Waals surface area contributed by atoms with Crippen molar-refractivity contribution < 1.29 is 27.5 Å². The van der Waals surface area contributed by atoms with E-state index in [1.54, 1.807) is 0 Å². The van der Waals surface area contributed by atoms with Gasteiger partial charge in [0, 0.05) is 5.54 Å². The highest BCUT2D eigenvalue weighted by atomic mass is 35.5. The van der Waals surface area contributed by atoms with E-state index in [-0.39, 0.29) is 20.5 Å². The molecule has 0 radical (unpaired) electrons. The molecule has 0 heterocycles. The number of imide groups is 1. The van der Waals surface area contributed by atoms with Crippen molar-refractivity contribution in [2.24, 2.45) is 17.8 Å². The number of nitrogens with one attached hydrogen (secondary N) is 3. The fourth-order valence-electron chi connectivity index (χ4n) is 5.95. The standard InChI is InChI=1S/C22H27Cl2N3O6S/c1-12(27-34(31,32)16-2-3-17(23)18(24)7-16)20(29)33-11-19(28)25-21(30)26-22-8-13-4-14(9-22)6-15(5-13)10-22/h2-3,7,12-15,27H,4-6,8-11H2,1H3,(H2,25,26,28,30)/t12-,13?,14?,15?,22?/m0/s1. The van der Waals surface area contributed by atoms with Crippen LogP contribution in [0.3, 0.4) is 0 Å². The van der Waals surface area contributed by atoms with E-state index in [1.165, 1.54) is 38.3 Å². The highest BCUT2D eigenvalue weighted by Gasteiger charge is 2.51. The van der Waals surface area contributed by atoms with Crippen molar-refractivity contribution >= 4 is 51.1 Å². The first-order valence-corrected chi connectivity index (χ1v) is 13.4. The van der Waals surface area contributed by atoms with Gasteiger partial charge in [-0.25, -0.2) is 13.2 Å². The molecule has 3 N–H and O–H groups in total. The van der Waals surface area contributed by atoms with Gasteiger partial charge in [0.05, 0.1) is 14.9 Å². The molecular formula is C22H27Cl2N3O6S. The highest BCUT2D eigenvalue weighted by molar-refractivity contribution is 7.89. The van der Waals surface area contributed by atoms with E-state index in [4.69, 9.17) is 27.9 Å². The first kappa shape index (κ1) is 25.2. The monoisotopic (exact) mass is 531 g/mol. The quantitative estimate of drug-likeness (QED) is 0.463. The second-order valence-corrected chi connectivity index (χ2v) is 12.3. The van der Waals surface area contributed by atoms with Crippen molar-refractivity contribution in [2.45, 2.75) is 61.9 Å². The van der Waals surface area contributed by atoms with Crippen molar-refractivity contribution in [3.05, 3.63) is 28.2 Å². The van der Waals surface area contributed by atoms with Crippen LogP contribution in [0.15, 0.2) is 23.1 Å². The van der Waals surface area contributed by atoms with Crippen molar-refractivity contribution in [3.8, 4) is 0 Å². The fourth-order valence-corrected chi connectivity index (χ4v) is 7.53. The molecule has 4 saturated carbocycles. The third kappa shape index (κ3) is 5.67. The molecule has 34 heavy (non-hydrogen) atoms. The van der Waals surface area contributed by atoms with Crippen LogP contribution in [0.4, 0.5) is 4.79 Å². The number of hydrogen-bond donors (Lipinski definition) is 3. The van der Waals surface area contributed by atoms with Crippen LogP contribution in [-0.4, -0.2) is 44.5 Å². The Morgan fingerprint density at radius 1 is 1.06 bits per heavy atom. The Labute approximate surface area is 208 Å². The Kier molecular flexibility index (Phi) is 7.15. The topological polar surface area (TPSA) is 131 Å². The average Bonchev–Trinajstić information content (AvgIpc) is 2.72. The van der Waals surface area contributed by atoms with Crippen LogP contribution in [0.2, 0.25) is 10.0 Å². The Hall–Kier alpha value is -1.88. The lowest BCUT2D eigenvalue weighted by Crippen LogP contribution is -2.62. The Morgan fingerprint density at radius 3 is 2.21 bits per heavy atom. The van der Waals surface area contributed by atoms with Gasteiger partial charge >= 0.3 is 12.0 Å². The Morgan fingerprint density at radius 2 is 1.65 bits per heavy atom. The Balaban J connectivity index is 1.23. The van der Waals surface area contributed by atoms with Gasteiger partial charge in [0.25, 0.3) is 5.91 Å². The van der Waals surface area contributed by atoms with E-state index in [0.29, 0.717) is 17.8 Å². The van der Waals surface area contributed by atoms with Crippen LogP contribution in [0.1, 0.15) is 45.4 Å². The number of rotatable bonds is 7. The molecule has 4 aliphatic carbocycles. The molecule has 0 unspecified atom stereocenters. The molecule has 0 saturated heterocycles. The maximum Gasteiger partial charge on any atom is 0.324 e. The van der Waals surface area contributed by atoms with Crippen LogP contribution in [0.25, 0.3) is 0 Å². The van der Waals surface area contributed by atoms with Gasteiger partial charge in [0.1, 0.15) is 6.04 Å². The van der Waals surface area contributed by atoms with Crippen molar-refractivity contribution in [3.63, 3.8) is 0 Å². The molecule has 12 heteroatoms. The average molecular weight is 532 g/mol. The molecule has 0 spiro atoms. The summed E-state index contributed by atoms with van der Waals surface area (Å²) in [6.45, 7) is 0.557. The smallest absolute Gasteiger partial charge is 0.324 e. The number of amides is 3. The van der Waals surface area contributed by atoms with E-state index in [0.717, 1.165) is 25.3 Å². The number of halogens is 2. The van der Waals surface area contributed by atoms with Gasteiger partial charge in [-0.1, -0.05) is 23.2 Å². The summed E-state index contributed by atoms with van der Waals surface area (Å²) in [6.07, 6.45) is 6.49. The summed E-state index contributed by atoms with van der Waals surface area (Å²) in [5, 5.41) is 5.43. The SMILES string of the molecule is C[C@H](NS(=O)(=O)c1ccc(Cl)c(Cl)c1)C(=O)OCC(=O)NC(=O)NC12CC3CC(CC(C3)C1)C2. The van der Waals surface area contributed by atoms with E-state index in [1.807, 2.05) is 0 Å². The predicted molar refractivity (Wildman–Crippen MR) is 125 cm³/mol. The summed E-state index contributed by atoms with van der Waals surface area (Å²) in [7, 11) is -4.09. The van der Waals surface area contributed by atoms with Crippen molar-refractivity contribution in [1.82, 2.24) is 15.4 Å². The molecule has 9 nitrogen and oxygen atoms in total. The molecule has 5 rings (SSSR count). The number of sulfonamides is 1. The molecule has 1 aromatic carbocycles. The maximum absolute atomic E-state index is 12.4. The summed E-state index contributed by atoms with van der Waals surface area (Å²) in [5.74, 6) is 0.141. The molecule has 0 aromatic heterocycles.